The average molecular weight is 278 g/mol. The van der Waals surface area contributed by atoms with Crippen LogP contribution in [-0.2, 0) is 4.74 Å². The fraction of sp³-hybridized carbons (Fsp3) is 0.364. The van der Waals surface area contributed by atoms with E-state index in [-0.39, 0.29) is 22.8 Å². The lowest BCUT2D eigenvalue weighted by Gasteiger charge is -2.13. The summed E-state index contributed by atoms with van der Waals surface area (Å²) in [7, 11) is 1.12. The Labute approximate surface area is 108 Å². The molecule has 1 atom stereocenters. The number of anilines is 1. The summed E-state index contributed by atoms with van der Waals surface area (Å²) in [6.45, 7) is -0.405. The Morgan fingerprint density at radius 2 is 2.28 bits per heavy atom. The predicted molar refractivity (Wildman–Crippen MR) is 64.3 cm³/mol. The van der Waals surface area contributed by atoms with Crippen LogP contribution in [0.15, 0.2) is 12.1 Å². The van der Waals surface area contributed by atoms with Crippen LogP contribution in [0.2, 0.25) is 5.02 Å². The van der Waals surface area contributed by atoms with Crippen LogP contribution in [-0.4, -0.2) is 42.5 Å². The van der Waals surface area contributed by atoms with E-state index in [0.29, 0.717) is 0 Å². The van der Waals surface area contributed by atoms with Crippen molar-refractivity contribution < 1.29 is 24.1 Å². The topological polar surface area (TPSA) is 78.8 Å². The summed E-state index contributed by atoms with van der Waals surface area (Å²) in [5, 5.41) is 20.4. The highest BCUT2D eigenvalue weighted by molar-refractivity contribution is 6.36. The third-order valence-corrected chi connectivity index (χ3v) is 2.61. The number of aliphatic hydroxyl groups is 2. The zero-order chi connectivity index (χ0) is 13.7. The van der Waals surface area contributed by atoms with Gasteiger partial charge in [0.05, 0.1) is 30.5 Å². The highest BCUT2D eigenvalue weighted by Gasteiger charge is 2.19. The second-order valence-electron chi connectivity index (χ2n) is 3.49. The van der Waals surface area contributed by atoms with Crippen molar-refractivity contribution in [2.45, 2.75) is 6.10 Å². The van der Waals surface area contributed by atoms with Crippen LogP contribution in [0.1, 0.15) is 10.4 Å². The Balaban J connectivity index is 2.98. The number of benzene rings is 1. The van der Waals surface area contributed by atoms with Crippen molar-refractivity contribution in [3.05, 3.63) is 28.5 Å². The van der Waals surface area contributed by atoms with E-state index in [1.165, 1.54) is 6.07 Å². The number of halogens is 2. The van der Waals surface area contributed by atoms with E-state index in [1.54, 1.807) is 0 Å². The predicted octanol–water partition coefficient (Wildman–Crippen LogP) is 1.03. The summed E-state index contributed by atoms with van der Waals surface area (Å²) in [5.74, 6) is -1.68. The van der Waals surface area contributed by atoms with Gasteiger partial charge in [-0.3, -0.25) is 0 Å². The number of rotatable bonds is 5. The van der Waals surface area contributed by atoms with Gasteiger partial charge < -0.3 is 20.3 Å². The molecule has 1 rings (SSSR count). The minimum atomic E-state index is -0.979. The maximum Gasteiger partial charge on any atom is 0.342 e. The van der Waals surface area contributed by atoms with Crippen LogP contribution >= 0.6 is 11.6 Å². The molecule has 1 aromatic rings. The molecule has 0 spiro atoms. The molecule has 0 aliphatic rings. The minimum Gasteiger partial charge on any atom is -0.465 e. The first-order chi connectivity index (χ1) is 8.51. The first-order valence-corrected chi connectivity index (χ1v) is 5.48. The van der Waals surface area contributed by atoms with Crippen LogP contribution in [0.5, 0.6) is 0 Å². The maximum absolute atomic E-state index is 13.4. The second-order valence-corrected chi connectivity index (χ2v) is 3.87. The van der Waals surface area contributed by atoms with E-state index in [9.17, 15) is 9.18 Å². The van der Waals surface area contributed by atoms with Gasteiger partial charge in [0.25, 0.3) is 0 Å². The number of carbonyl (C=O) groups is 1. The first-order valence-electron chi connectivity index (χ1n) is 5.10. The van der Waals surface area contributed by atoms with E-state index >= 15 is 0 Å². The van der Waals surface area contributed by atoms with Crippen molar-refractivity contribution in [1.29, 1.82) is 0 Å². The number of aliphatic hydroxyl groups excluding tert-OH is 2. The number of nitrogens with one attached hydrogen (secondary N) is 1. The fourth-order valence-corrected chi connectivity index (χ4v) is 1.57. The molecule has 1 unspecified atom stereocenters. The largest absolute Gasteiger partial charge is 0.465 e. The van der Waals surface area contributed by atoms with Crippen molar-refractivity contribution in [3.8, 4) is 0 Å². The zero-order valence-electron chi connectivity index (χ0n) is 9.61. The van der Waals surface area contributed by atoms with Gasteiger partial charge in [-0.25, -0.2) is 9.18 Å². The molecular formula is C11H13ClFNO4. The SMILES string of the molecule is COC(=O)c1c(F)ccc(NCC(O)CO)c1Cl. The maximum atomic E-state index is 13.4. The number of esters is 1. The summed E-state index contributed by atoms with van der Waals surface area (Å²) in [6.07, 6.45) is -0.979. The van der Waals surface area contributed by atoms with Crippen molar-refractivity contribution in [2.75, 3.05) is 25.6 Å². The molecule has 0 fully saturated rings. The highest BCUT2D eigenvalue weighted by Crippen LogP contribution is 2.28. The molecule has 3 N–H and O–H groups in total. The molecule has 7 heteroatoms. The Kier molecular flexibility index (Phi) is 5.33. The molecule has 0 amide bonds. The number of ether oxygens (including phenoxy) is 1. The molecule has 0 radical (unpaired) electrons. The fourth-order valence-electron chi connectivity index (χ4n) is 1.27. The smallest absolute Gasteiger partial charge is 0.342 e. The van der Waals surface area contributed by atoms with Crippen LogP contribution < -0.4 is 5.32 Å². The summed E-state index contributed by atoms with van der Waals surface area (Å²) in [5.41, 5.74) is -0.103. The molecule has 0 heterocycles. The summed E-state index contributed by atoms with van der Waals surface area (Å²) in [6, 6.07) is 2.39. The molecule has 100 valence electrons. The molecule has 0 aromatic heterocycles. The van der Waals surface area contributed by atoms with Crippen molar-refractivity contribution in [1.82, 2.24) is 0 Å². The summed E-state index contributed by atoms with van der Waals surface area (Å²) >= 11 is 5.87. The third-order valence-electron chi connectivity index (χ3n) is 2.22. The van der Waals surface area contributed by atoms with Gasteiger partial charge in [0.1, 0.15) is 11.4 Å². The molecule has 0 saturated carbocycles. The van der Waals surface area contributed by atoms with Gasteiger partial charge in [-0.05, 0) is 12.1 Å². The van der Waals surface area contributed by atoms with Crippen molar-refractivity contribution >= 4 is 23.3 Å². The lowest BCUT2D eigenvalue weighted by atomic mass is 10.2. The van der Waals surface area contributed by atoms with E-state index in [1.807, 2.05) is 0 Å². The van der Waals surface area contributed by atoms with Gasteiger partial charge in [-0.2, -0.15) is 0 Å². The zero-order valence-corrected chi connectivity index (χ0v) is 10.4. The minimum absolute atomic E-state index is 0.0163. The van der Waals surface area contributed by atoms with Gasteiger partial charge in [-0.1, -0.05) is 11.6 Å². The lowest BCUT2D eigenvalue weighted by molar-refractivity contribution is 0.0596. The van der Waals surface area contributed by atoms with E-state index in [2.05, 4.69) is 10.1 Å². The van der Waals surface area contributed by atoms with Gasteiger partial charge in [-0.15, -0.1) is 0 Å². The number of carbonyl (C=O) groups excluding carboxylic acids is 1. The molecule has 18 heavy (non-hydrogen) atoms. The van der Waals surface area contributed by atoms with Crippen LogP contribution in [0.3, 0.4) is 0 Å². The van der Waals surface area contributed by atoms with Crippen molar-refractivity contribution in [3.63, 3.8) is 0 Å². The summed E-state index contributed by atoms with van der Waals surface area (Å²) in [4.78, 5) is 11.3. The van der Waals surface area contributed by atoms with Gasteiger partial charge in [0.15, 0.2) is 0 Å². The van der Waals surface area contributed by atoms with Gasteiger partial charge in [0.2, 0.25) is 0 Å². The van der Waals surface area contributed by atoms with Crippen LogP contribution in [0, 0.1) is 5.82 Å². The average Bonchev–Trinajstić information content (AvgIpc) is 2.37. The van der Waals surface area contributed by atoms with Crippen molar-refractivity contribution in [2.24, 2.45) is 0 Å². The van der Waals surface area contributed by atoms with Crippen LogP contribution in [0.4, 0.5) is 10.1 Å². The monoisotopic (exact) mass is 277 g/mol. The quantitative estimate of drug-likeness (QED) is 0.701. The molecule has 0 aliphatic heterocycles. The van der Waals surface area contributed by atoms with E-state index < -0.39 is 24.5 Å². The van der Waals surface area contributed by atoms with Gasteiger partial charge >= 0.3 is 5.97 Å². The number of hydrogen-bond donors (Lipinski definition) is 3. The molecular weight excluding hydrogens is 265 g/mol. The Bertz CT molecular complexity index is 441. The first kappa shape index (κ1) is 14.7. The Morgan fingerprint density at radius 1 is 1.61 bits per heavy atom. The molecule has 0 saturated heterocycles. The van der Waals surface area contributed by atoms with E-state index in [0.717, 1.165) is 13.2 Å². The second kappa shape index (κ2) is 6.53. The lowest BCUT2D eigenvalue weighted by Crippen LogP contribution is -2.23. The molecule has 0 bridgehead atoms. The standard InChI is InChI=1S/C11H13ClFNO4/c1-18-11(17)9-7(13)2-3-8(10(9)12)14-4-6(16)5-15/h2-3,6,14-16H,4-5H2,1H3. The molecule has 1 aromatic carbocycles. The molecule has 0 aliphatic carbocycles. The Morgan fingerprint density at radius 3 is 2.83 bits per heavy atom. The van der Waals surface area contributed by atoms with E-state index in [4.69, 9.17) is 21.8 Å². The normalized spacial score (nSPS) is 12.1. The highest BCUT2D eigenvalue weighted by atomic mass is 35.5. The van der Waals surface area contributed by atoms with Crippen LogP contribution in [0.25, 0.3) is 0 Å². The number of hydrogen-bond acceptors (Lipinski definition) is 5. The third kappa shape index (κ3) is 3.32. The molecule has 5 nitrogen and oxygen atoms in total. The van der Waals surface area contributed by atoms with Gasteiger partial charge in [0, 0.05) is 6.54 Å². The Hall–Kier alpha value is -1.37. The number of methoxy groups -OCH3 is 1. The summed E-state index contributed by atoms with van der Waals surface area (Å²) < 4.78 is 17.8.